The summed E-state index contributed by atoms with van der Waals surface area (Å²) in [6, 6.07) is 16.2. The molecule has 1 aliphatic heterocycles. The Balaban J connectivity index is 1.42. The molecule has 1 fully saturated rings. The third-order valence-electron chi connectivity index (χ3n) is 6.96. The van der Waals surface area contributed by atoms with Crippen molar-refractivity contribution in [1.29, 1.82) is 0 Å². The second-order valence-corrected chi connectivity index (χ2v) is 11.5. The SMILES string of the molecule is CCC(C)N(CC(=O)N1CCCN(c2ccc(-c3ccc(F)cc3)nn2)CC1)S(=O)(=O)c1ccc(C)cc1. The number of hydrogen-bond donors (Lipinski definition) is 0. The van der Waals surface area contributed by atoms with Crippen LogP contribution >= 0.6 is 0 Å². The minimum absolute atomic E-state index is 0.195. The van der Waals surface area contributed by atoms with Gasteiger partial charge in [0.05, 0.1) is 17.1 Å². The summed E-state index contributed by atoms with van der Waals surface area (Å²) in [4.78, 5) is 17.3. The van der Waals surface area contributed by atoms with E-state index in [4.69, 9.17) is 0 Å². The van der Waals surface area contributed by atoms with Gasteiger partial charge in [-0.25, -0.2) is 12.8 Å². The van der Waals surface area contributed by atoms with E-state index in [1.807, 2.05) is 32.9 Å². The van der Waals surface area contributed by atoms with Crippen molar-refractivity contribution in [3.63, 3.8) is 0 Å². The lowest BCUT2D eigenvalue weighted by molar-refractivity contribution is -0.131. The van der Waals surface area contributed by atoms with Gasteiger partial charge in [0.15, 0.2) is 5.82 Å². The number of amides is 1. The normalized spacial score (nSPS) is 15.4. The van der Waals surface area contributed by atoms with Gasteiger partial charge in [-0.15, -0.1) is 10.2 Å². The monoisotopic (exact) mass is 539 g/mol. The Morgan fingerprint density at radius 1 is 0.974 bits per heavy atom. The molecule has 3 aromatic rings. The number of carbonyl (C=O) groups excluding carboxylic acids is 1. The Labute approximate surface area is 224 Å². The van der Waals surface area contributed by atoms with E-state index in [0.717, 1.165) is 17.5 Å². The maximum atomic E-state index is 13.4. The summed E-state index contributed by atoms with van der Waals surface area (Å²) < 4.78 is 41.4. The molecule has 4 rings (SSSR count). The van der Waals surface area contributed by atoms with Crippen molar-refractivity contribution in [1.82, 2.24) is 19.4 Å². The molecule has 1 amide bonds. The van der Waals surface area contributed by atoms with Crippen LogP contribution in [0, 0.1) is 12.7 Å². The Morgan fingerprint density at radius 2 is 1.68 bits per heavy atom. The zero-order valence-electron chi connectivity index (χ0n) is 22.0. The van der Waals surface area contributed by atoms with Crippen LogP contribution in [0.5, 0.6) is 0 Å². The average Bonchev–Trinajstić information content (AvgIpc) is 3.18. The lowest BCUT2D eigenvalue weighted by Crippen LogP contribution is -2.47. The number of carbonyl (C=O) groups is 1. The van der Waals surface area contributed by atoms with E-state index in [2.05, 4.69) is 15.1 Å². The van der Waals surface area contributed by atoms with E-state index in [1.54, 1.807) is 41.3 Å². The van der Waals surface area contributed by atoms with Crippen molar-refractivity contribution in [3.05, 3.63) is 72.0 Å². The van der Waals surface area contributed by atoms with Gasteiger partial charge in [0.1, 0.15) is 5.82 Å². The van der Waals surface area contributed by atoms with Crippen LogP contribution in [0.25, 0.3) is 11.3 Å². The lowest BCUT2D eigenvalue weighted by Gasteiger charge is -2.30. The minimum Gasteiger partial charge on any atom is -0.353 e. The van der Waals surface area contributed by atoms with Crippen LogP contribution in [-0.2, 0) is 14.8 Å². The van der Waals surface area contributed by atoms with Gasteiger partial charge < -0.3 is 9.80 Å². The Morgan fingerprint density at radius 3 is 2.32 bits per heavy atom. The van der Waals surface area contributed by atoms with Crippen molar-refractivity contribution in [2.45, 2.75) is 44.6 Å². The first kappa shape index (κ1) is 27.7. The number of benzene rings is 2. The summed E-state index contributed by atoms with van der Waals surface area (Å²) in [5, 5.41) is 8.66. The molecule has 1 aliphatic rings. The van der Waals surface area contributed by atoms with Gasteiger partial charge in [-0.3, -0.25) is 4.79 Å². The molecule has 2 heterocycles. The molecule has 0 saturated carbocycles. The number of hydrogen-bond acceptors (Lipinski definition) is 6. The van der Waals surface area contributed by atoms with Crippen molar-refractivity contribution < 1.29 is 17.6 Å². The Kier molecular flexibility index (Phi) is 8.73. The van der Waals surface area contributed by atoms with Crippen LogP contribution in [0.4, 0.5) is 10.2 Å². The molecule has 8 nitrogen and oxygen atoms in total. The average molecular weight is 540 g/mol. The fourth-order valence-electron chi connectivity index (χ4n) is 4.42. The predicted molar refractivity (Wildman–Crippen MR) is 146 cm³/mol. The molecule has 1 saturated heterocycles. The van der Waals surface area contributed by atoms with Gasteiger partial charge in [0.25, 0.3) is 0 Å². The summed E-state index contributed by atoms with van der Waals surface area (Å²) in [7, 11) is -3.82. The summed E-state index contributed by atoms with van der Waals surface area (Å²) in [5.74, 6) is 0.191. The summed E-state index contributed by atoms with van der Waals surface area (Å²) in [5.41, 5.74) is 2.41. The van der Waals surface area contributed by atoms with E-state index >= 15 is 0 Å². The quantitative estimate of drug-likeness (QED) is 0.428. The maximum absolute atomic E-state index is 13.4. The molecule has 10 heteroatoms. The van der Waals surface area contributed by atoms with Gasteiger partial charge in [-0.1, -0.05) is 24.6 Å². The highest BCUT2D eigenvalue weighted by atomic mass is 32.2. The first-order valence-corrected chi connectivity index (χ1v) is 14.3. The highest BCUT2D eigenvalue weighted by Crippen LogP contribution is 2.22. The smallest absolute Gasteiger partial charge is 0.243 e. The van der Waals surface area contributed by atoms with Crippen LogP contribution < -0.4 is 4.90 Å². The highest BCUT2D eigenvalue weighted by Gasteiger charge is 2.32. The van der Waals surface area contributed by atoms with Gasteiger partial charge in [0, 0.05) is 37.8 Å². The predicted octanol–water partition coefficient (Wildman–Crippen LogP) is 4.12. The molecule has 1 atom stereocenters. The first-order chi connectivity index (χ1) is 18.2. The second kappa shape index (κ2) is 12.0. The van der Waals surface area contributed by atoms with Crippen molar-refractivity contribution in [3.8, 4) is 11.3 Å². The number of aryl methyl sites for hydroxylation is 1. The Hall–Kier alpha value is -3.37. The van der Waals surface area contributed by atoms with Crippen LogP contribution in [0.1, 0.15) is 32.3 Å². The number of sulfonamides is 1. The fourth-order valence-corrected chi connectivity index (χ4v) is 6.08. The molecule has 0 spiro atoms. The largest absolute Gasteiger partial charge is 0.353 e. The van der Waals surface area contributed by atoms with Gasteiger partial charge in [0.2, 0.25) is 15.9 Å². The zero-order valence-corrected chi connectivity index (χ0v) is 22.9. The van der Waals surface area contributed by atoms with Crippen molar-refractivity contribution in [2.24, 2.45) is 0 Å². The second-order valence-electron chi connectivity index (χ2n) is 9.63. The molecular weight excluding hydrogens is 505 g/mol. The molecular formula is C28H34FN5O3S. The zero-order chi connectivity index (χ0) is 27.3. The van der Waals surface area contributed by atoms with E-state index in [9.17, 15) is 17.6 Å². The number of nitrogens with zero attached hydrogens (tertiary/aromatic N) is 5. The summed E-state index contributed by atoms with van der Waals surface area (Å²) in [6.07, 6.45) is 1.32. The van der Waals surface area contributed by atoms with Gasteiger partial charge in [-0.2, -0.15) is 4.31 Å². The van der Waals surface area contributed by atoms with Crippen LogP contribution in [-0.4, -0.2) is 72.5 Å². The molecule has 202 valence electrons. The van der Waals surface area contributed by atoms with E-state index in [-0.39, 0.29) is 29.2 Å². The number of halogens is 1. The highest BCUT2D eigenvalue weighted by molar-refractivity contribution is 7.89. The third-order valence-corrected chi connectivity index (χ3v) is 8.94. The molecule has 1 aromatic heterocycles. The van der Waals surface area contributed by atoms with Crippen molar-refractivity contribution >= 4 is 21.7 Å². The fraction of sp³-hybridized carbons (Fsp3) is 0.393. The standard InChI is InChI=1S/C28H34FN5O3S/c1-4-22(3)34(38(36,37)25-12-6-21(2)7-13-25)20-28(35)33-17-5-16-32(18-19-33)27-15-14-26(30-31-27)23-8-10-24(29)11-9-23/h6-15,22H,4-5,16-20H2,1-3H3. The van der Waals surface area contributed by atoms with Gasteiger partial charge >= 0.3 is 0 Å². The van der Waals surface area contributed by atoms with Crippen LogP contribution in [0.3, 0.4) is 0 Å². The maximum Gasteiger partial charge on any atom is 0.243 e. The Bertz CT molecular complexity index is 1330. The topological polar surface area (TPSA) is 86.7 Å². The van der Waals surface area contributed by atoms with E-state index in [1.165, 1.54) is 16.4 Å². The van der Waals surface area contributed by atoms with Crippen LogP contribution in [0.2, 0.25) is 0 Å². The van der Waals surface area contributed by atoms with Crippen LogP contribution in [0.15, 0.2) is 65.6 Å². The summed E-state index contributed by atoms with van der Waals surface area (Å²) in [6.45, 7) is 7.71. The number of rotatable bonds is 8. The minimum atomic E-state index is -3.82. The van der Waals surface area contributed by atoms with E-state index < -0.39 is 10.0 Å². The number of aromatic nitrogens is 2. The van der Waals surface area contributed by atoms with E-state index in [0.29, 0.717) is 44.1 Å². The molecule has 0 radical (unpaired) electrons. The number of anilines is 1. The molecule has 0 N–H and O–H groups in total. The molecule has 38 heavy (non-hydrogen) atoms. The molecule has 0 bridgehead atoms. The lowest BCUT2D eigenvalue weighted by atomic mass is 10.1. The van der Waals surface area contributed by atoms with Gasteiger partial charge in [-0.05, 0) is 75.2 Å². The molecule has 1 unspecified atom stereocenters. The summed E-state index contributed by atoms with van der Waals surface area (Å²) >= 11 is 0. The first-order valence-electron chi connectivity index (χ1n) is 12.9. The molecule has 2 aromatic carbocycles. The van der Waals surface area contributed by atoms with Crippen molar-refractivity contribution in [2.75, 3.05) is 37.6 Å². The third kappa shape index (κ3) is 6.36. The molecule has 0 aliphatic carbocycles.